The number of carbonyl (C=O) groups is 1. The predicted molar refractivity (Wildman–Crippen MR) is 79.5 cm³/mol. The molecule has 6 heteroatoms. The Morgan fingerprint density at radius 3 is 2.95 bits per heavy atom. The first kappa shape index (κ1) is 13.8. The van der Waals surface area contributed by atoms with Crippen LogP contribution in [0.25, 0.3) is 5.69 Å². The largest absolute Gasteiger partial charge is 0.333 e. The third-order valence-electron chi connectivity index (χ3n) is 3.87. The molecule has 1 saturated heterocycles. The van der Waals surface area contributed by atoms with Gasteiger partial charge in [-0.25, -0.2) is 9.67 Å². The average Bonchev–Trinajstić information content (AvgIpc) is 3.01. The molecule has 21 heavy (non-hydrogen) atoms. The van der Waals surface area contributed by atoms with Crippen LogP contribution >= 0.6 is 0 Å². The lowest BCUT2D eigenvalue weighted by Gasteiger charge is -2.34. The van der Waals surface area contributed by atoms with Gasteiger partial charge in [0.2, 0.25) is 0 Å². The summed E-state index contributed by atoms with van der Waals surface area (Å²) in [6.07, 6.45) is 3.16. The fourth-order valence-corrected chi connectivity index (χ4v) is 2.69. The topological polar surface area (TPSA) is 63.1 Å². The molecule has 1 aromatic carbocycles. The lowest BCUT2D eigenvalue weighted by molar-refractivity contribution is 0.0655. The molecule has 110 valence electrons. The van der Waals surface area contributed by atoms with E-state index in [1.165, 1.54) is 6.33 Å². The van der Waals surface area contributed by atoms with E-state index >= 15 is 0 Å². The summed E-state index contributed by atoms with van der Waals surface area (Å²) in [5.41, 5.74) is 2.68. The molecular formula is C15H19N5O. The van der Waals surface area contributed by atoms with E-state index in [0.29, 0.717) is 0 Å². The molecule has 1 aliphatic rings. The number of aryl methyl sites for hydroxylation is 1. The maximum Gasteiger partial charge on any atom is 0.254 e. The van der Waals surface area contributed by atoms with E-state index in [0.717, 1.165) is 36.4 Å². The Balaban J connectivity index is 1.86. The second-order valence-corrected chi connectivity index (χ2v) is 5.39. The van der Waals surface area contributed by atoms with E-state index in [4.69, 9.17) is 0 Å². The minimum absolute atomic E-state index is 0.0947. The molecule has 1 aromatic heterocycles. The van der Waals surface area contributed by atoms with Crippen LogP contribution in [0.5, 0.6) is 0 Å². The van der Waals surface area contributed by atoms with Crippen molar-refractivity contribution < 1.29 is 4.79 Å². The number of aromatic nitrogens is 3. The highest BCUT2D eigenvalue weighted by Gasteiger charge is 2.24. The summed E-state index contributed by atoms with van der Waals surface area (Å²) in [5, 5.41) is 7.42. The molecule has 2 aromatic rings. The Morgan fingerprint density at radius 2 is 2.29 bits per heavy atom. The first-order chi connectivity index (χ1) is 10.2. The molecule has 1 fully saturated rings. The lowest BCUT2D eigenvalue weighted by Crippen LogP contribution is -2.52. The Morgan fingerprint density at radius 1 is 1.43 bits per heavy atom. The number of rotatable bonds is 2. The van der Waals surface area contributed by atoms with Gasteiger partial charge in [0, 0.05) is 31.2 Å². The molecular weight excluding hydrogens is 266 g/mol. The number of carbonyl (C=O) groups excluding carboxylic acids is 1. The van der Waals surface area contributed by atoms with Gasteiger partial charge in [0.1, 0.15) is 12.7 Å². The zero-order valence-corrected chi connectivity index (χ0v) is 12.3. The summed E-state index contributed by atoms with van der Waals surface area (Å²) < 4.78 is 1.71. The van der Waals surface area contributed by atoms with Crippen LogP contribution in [0.1, 0.15) is 22.8 Å². The third-order valence-corrected chi connectivity index (χ3v) is 3.87. The van der Waals surface area contributed by atoms with Crippen LogP contribution in [0.15, 0.2) is 30.9 Å². The van der Waals surface area contributed by atoms with Crippen molar-refractivity contribution in [3.05, 3.63) is 42.0 Å². The van der Waals surface area contributed by atoms with Crippen LogP contribution in [-0.2, 0) is 0 Å². The molecule has 0 bridgehead atoms. The molecule has 0 saturated carbocycles. The molecule has 1 atom stereocenters. The van der Waals surface area contributed by atoms with Crippen molar-refractivity contribution in [2.45, 2.75) is 19.9 Å². The molecule has 3 rings (SSSR count). The zero-order valence-electron chi connectivity index (χ0n) is 12.3. The molecule has 1 aliphatic heterocycles. The van der Waals surface area contributed by atoms with Crippen LogP contribution in [0, 0.1) is 6.92 Å². The summed E-state index contributed by atoms with van der Waals surface area (Å²) >= 11 is 0. The second-order valence-electron chi connectivity index (χ2n) is 5.39. The van der Waals surface area contributed by atoms with Gasteiger partial charge in [-0.1, -0.05) is 0 Å². The number of nitrogens with zero attached hydrogens (tertiary/aromatic N) is 4. The van der Waals surface area contributed by atoms with Crippen LogP contribution in [0.4, 0.5) is 0 Å². The quantitative estimate of drug-likeness (QED) is 0.894. The Bertz CT molecular complexity index is 638. The van der Waals surface area contributed by atoms with E-state index in [2.05, 4.69) is 22.3 Å². The van der Waals surface area contributed by atoms with Crippen LogP contribution in [-0.4, -0.2) is 51.2 Å². The molecule has 1 amide bonds. The third kappa shape index (κ3) is 2.67. The highest BCUT2D eigenvalue weighted by molar-refractivity contribution is 5.95. The van der Waals surface area contributed by atoms with Gasteiger partial charge in [-0.05, 0) is 37.6 Å². The zero-order chi connectivity index (χ0) is 14.8. The number of benzene rings is 1. The van der Waals surface area contributed by atoms with Crippen molar-refractivity contribution in [2.75, 3.05) is 19.6 Å². The van der Waals surface area contributed by atoms with Crippen molar-refractivity contribution in [1.82, 2.24) is 25.0 Å². The Kier molecular flexibility index (Phi) is 3.70. The van der Waals surface area contributed by atoms with E-state index in [9.17, 15) is 4.79 Å². The summed E-state index contributed by atoms with van der Waals surface area (Å²) in [7, 11) is 0. The minimum atomic E-state index is 0.0947. The standard InChI is InChI=1S/C15H19N5O/c1-11-7-13(3-4-14(11)20-10-17-9-18-20)15(21)19-6-5-16-8-12(19)2/h3-4,7,9-10,12,16H,5-6,8H2,1-2H3/t12-/m1/s1. The van der Waals surface area contributed by atoms with Gasteiger partial charge in [-0.15, -0.1) is 0 Å². The van der Waals surface area contributed by atoms with Crippen LogP contribution in [0.3, 0.4) is 0 Å². The summed E-state index contributed by atoms with van der Waals surface area (Å²) in [4.78, 5) is 18.5. The van der Waals surface area contributed by atoms with Gasteiger partial charge in [-0.2, -0.15) is 5.10 Å². The normalized spacial score (nSPS) is 18.8. The van der Waals surface area contributed by atoms with Crippen molar-refractivity contribution in [3.8, 4) is 5.69 Å². The van der Waals surface area contributed by atoms with Gasteiger partial charge in [-0.3, -0.25) is 4.79 Å². The van der Waals surface area contributed by atoms with E-state index in [-0.39, 0.29) is 11.9 Å². The van der Waals surface area contributed by atoms with E-state index in [1.807, 2.05) is 30.0 Å². The number of hydrogen-bond donors (Lipinski definition) is 1. The summed E-state index contributed by atoms with van der Waals surface area (Å²) in [5.74, 6) is 0.0947. The smallest absolute Gasteiger partial charge is 0.254 e. The minimum Gasteiger partial charge on any atom is -0.333 e. The SMILES string of the molecule is Cc1cc(C(=O)N2CCNC[C@H]2C)ccc1-n1cncn1. The van der Waals surface area contributed by atoms with Gasteiger partial charge in [0.15, 0.2) is 0 Å². The second kappa shape index (κ2) is 5.65. The predicted octanol–water partition coefficient (Wildman–Crippen LogP) is 1.01. The monoisotopic (exact) mass is 285 g/mol. The van der Waals surface area contributed by atoms with Crippen molar-refractivity contribution >= 4 is 5.91 Å². The Hall–Kier alpha value is -2.21. The molecule has 2 heterocycles. The molecule has 0 radical (unpaired) electrons. The summed E-state index contributed by atoms with van der Waals surface area (Å²) in [6, 6.07) is 5.93. The van der Waals surface area contributed by atoms with Gasteiger partial charge in [0.25, 0.3) is 5.91 Å². The van der Waals surface area contributed by atoms with Crippen LogP contribution < -0.4 is 5.32 Å². The number of amides is 1. The fraction of sp³-hybridized carbons (Fsp3) is 0.400. The molecule has 0 aliphatic carbocycles. The first-order valence-corrected chi connectivity index (χ1v) is 7.14. The maximum atomic E-state index is 12.6. The maximum absolute atomic E-state index is 12.6. The lowest BCUT2D eigenvalue weighted by atomic mass is 10.1. The average molecular weight is 285 g/mol. The fourth-order valence-electron chi connectivity index (χ4n) is 2.69. The van der Waals surface area contributed by atoms with E-state index in [1.54, 1.807) is 11.0 Å². The number of piperazine rings is 1. The van der Waals surface area contributed by atoms with E-state index < -0.39 is 0 Å². The highest BCUT2D eigenvalue weighted by atomic mass is 16.2. The molecule has 6 nitrogen and oxygen atoms in total. The van der Waals surface area contributed by atoms with Gasteiger partial charge >= 0.3 is 0 Å². The number of hydrogen-bond acceptors (Lipinski definition) is 4. The first-order valence-electron chi connectivity index (χ1n) is 7.14. The number of nitrogens with one attached hydrogen (secondary N) is 1. The highest BCUT2D eigenvalue weighted by Crippen LogP contribution is 2.17. The molecule has 1 N–H and O–H groups in total. The van der Waals surface area contributed by atoms with Crippen molar-refractivity contribution in [3.63, 3.8) is 0 Å². The molecule has 0 unspecified atom stereocenters. The van der Waals surface area contributed by atoms with Crippen LogP contribution in [0.2, 0.25) is 0 Å². The Labute approximate surface area is 123 Å². The van der Waals surface area contributed by atoms with Gasteiger partial charge < -0.3 is 10.2 Å². The van der Waals surface area contributed by atoms with Crippen molar-refractivity contribution in [1.29, 1.82) is 0 Å². The summed E-state index contributed by atoms with van der Waals surface area (Å²) in [6.45, 7) is 6.51. The van der Waals surface area contributed by atoms with Crippen molar-refractivity contribution in [2.24, 2.45) is 0 Å². The van der Waals surface area contributed by atoms with Gasteiger partial charge in [0.05, 0.1) is 5.69 Å². The molecule has 0 spiro atoms.